The summed E-state index contributed by atoms with van der Waals surface area (Å²) in [5, 5.41) is 0.438. The lowest BCUT2D eigenvalue weighted by molar-refractivity contribution is 0.564. The van der Waals surface area contributed by atoms with E-state index in [1.165, 1.54) is 6.07 Å². The lowest BCUT2D eigenvalue weighted by Crippen LogP contribution is -2.24. The zero-order valence-electron chi connectivity index (χ0n) is 10.5. The van der Waals surface area contributed by atoms with Crippen LogP contribution in [0.1, 0.15) is 17.7 Å². The topological polar surface area (TPSA) is 38.9 Å². The van der Waals surface area contributed by atoms with E-state index in [1.807, 2.05) is 18.2 Å². The quantitative estimate of drug-likeness (QED) is 0.911. The molecule has 0 aliphatic carbocycles. The van der Waals surface area contributed by atoms with Gasteiger partial charge in [-0.15, -0.1) is 0 Å². The maximum Gasteiger partial charge on any atom is 0.127 e. The van der Waals surface area contributed by atoms with E-state index in [-0.39, 0.29) is 11.9 Å². The highest BCUT2D eigenvalue weighted by Crippen LogP contribution is 2.21. The zero-order valence-corrected chi connectivity index (χ0v) is 11.3. The summed E-state index contributed by atoms with van der Waals surface area (Å²) in [4.78, 5) is 4.24. The number of aromatic nitrogens is 1. The zero-order chi connectivity index (χ0) is 13.7. The lowest BCUT2D eigenvalue weighted by Gasteiger charge is -2.13. The smallest absolute Gasteiger partial charge is 0.127 e. The largest absolute Gasteiger partial charge is 0.327 e. The molecule has 1 aromatic carbocycles. The molecule has 0 amide bonds. The van der Waals surface area contributed by atoms with Crippen molar-refractivity contribution in [3.05, 3.63) is 64.7 Å². The normalized spacial score (nSPS) is 12.4. The van der Waals surface area contributed by atoms with Crippen molar-refractivity contribution in [3.8, 4) is 0 Å². The van der Waals surface area contributed by atoms with Gasteiger partial charge >= 0.3 is 0 Å². The Morgan fingerprint density at radius 3 is 2.74 bits per heavy atom. The molecule has 0 fully saturated rings. The third-order valence-electron chi connectivity index (χ3n) is 3.03. The van der Waals surface area contributed by atoms with Crippen LogP contribution < -0.4 is 5.73 Å². The first kappa shape index (κ1) is 14.0. The molecule has 0 aliphatic rings. The van der Waals surface area contributed by atoms with E-state index in [0.717, 1.165) is 18.5 Å². The Morgan fingerprint density at radius 2 is 2.05 bits per heavy atom. The number of aryl methyl sites for hydroxylation is 1. The number of nitrogens with zero attached hydrogens (tertiary/aromatic N) is 1. The predicted octanol–water partition coefficient (Wildman–Crippen LogP) is 3.38. The molecule has 2 nitrogen and oxygen atoms in total. The van der Waals surface area contributed by atoms with Crippen molar-refractivity contribution in [1.82, 2.24) is 4.98 Å². The van der Waals surface area contributed by atoms with Crippen molar-refractivity contribution in [1.29, 1.82) is 0 Å². The van der Waals surface area contributed by atoms with Gasteiger partial charge in [0.25, 0.3) is 0 Å². The van der Waals surface area contributed by atoms with Gasteiger partial charge in [-0.2, -0.15) is 0 Å². The van der Waals surface area contributed by atoms with Crippen LogP contribution in [0.3, 0.4) is 0 Å². The van der Waals surface area contributed by atoms with Crippen molar-refractivity contribution in [3.63, 3.8) is 0 Å². The summed E-state index contributed by atoms with van der Waals surface area (Å²) in [5.41, 5.74) is 7.53. The van der Waals surface area contributed by atoms with Crippen LogP contribution in [-0.4, -0.2) is 11.0 Å². The Kier molecular flexibility index (Phi) is 4.88. The average molecular weight is 279 g/mol. The van der Waals surface area contributed by atoms with Crippen LogP contribution in [0.5, 0.6) is 0 Å². The molecule has 0 saturated heterocycles. The van der Waals surface area contributed by atoms with Crippen molar-refractivity contribution in [2.24, 2.45) is 5.73 Å². The molecule has 2 aromatic rings. The van der Waals surface area contributed by atoms with Crippen LogP contribution in [0.2, 0.25) is 5.02 Å². The fourth-order valence-corrected chi connectivity index (χ4v) is 2.21. The fourth-order valence-electron chi connectivity index (χ4n) is 1.97. The summed E-state index contributed by atoms with van der Waals surface area (Å²) in [7, 11) is 0. The van der Waals surface area contributed by atoms with Crippen LogP contribution >= 0.6 is 11.6 Å². The van der Waals surface area contributed by atoms with E-state index < -0.39 is 0 Å². The Balaban J connectivity index is 1.93. The summed E-state index contributed by atoms with van der Waals surface area (Å²) in [6.07, 6.45) is 3.74. The van der Waals surface area contributed by atoms with E-state index in [9.17, 15) is 4.39 Å². The fraction of sp³-hybridized carbons (Fsp3) is 0.267. The second-order valence-corrected chi connectivity index (χ2v) is 4.93. The number of nitrogens with two attached hydrogens (primary N) is 1. The highest BCUT2D eigenvalue weighted by atomic mass is 35.5. The van der Waals surface area contributed by atoms with Gasteiger partial charge in [-0.25, -0.2) is 4.39 Å². The van der Waals surface area contributed by atoms with E-state index in [2.05, 4.69) is 4.98 Å². The first-order valence-electron chi connectivity index (χ1n) is 6.25. The van der Waals surface area contributed by atoms with E-state index in [4.69, 9.17) is 17.3 Å². The number of hydrogen-bond donors (Lipinski definition) is 1. The third-order valence-corrected chi connectivity index (χ3v) is 3.38. The van der Waals surface area contributed by atoms with Gasteiger partial charge in [-0.1, -0.05) is 23.7 Å². The molecular formula is C15H16ClFN2. The minimum atomic E-state index is -0.291. The van der Waals surface area contributed by atoms with E-state index in [1.54, 1.807) is 18.3 Å². The van der Waals surface area contributed by atoms with Gasteiger partial charge in [0.15, 0.2) is 0 Å². The highest BCUT2D eigenvalue weighted by Gasteiger charge is 2.12. The van der Waals surface area contributed by atoms with Gasteiger partial charge in [0.2, 0.25) is 0 Å². The lowest BCUT2D eigenvalue weighted by atomic mass is 10.0. The molecule has 0 aliphatic heterocycles. The number of hydrogen-bond acceptors (Lipinski definition) is 2. The molecule has 19 heavy (non-hydrogen) atoms. The number of benzene rings is 1. The number of halogens is 2. The predicted molar refractivity (Wildman–Crippen MR) is 75.6 cm³/mol. The molecule has 1 atom stereocenters. The highest BCUT2D eigenvalue weighted by molar-refractivity contribution is 6.31. The molecule has 2 N–H and O–H groups in total. The number of rotatable bonds is 5. The molecule has 0 bridgehead atoms. The molecule has 0 spiro atoms. The second-order valence-electron chi connectivity index (χ2n) is 4.52. The van der Waals surface area contributed by atoms with Crippen LogP contribution in [0.4, 0.5) is 4.39 Å². The first-order valence-corrected chi connectivity index (χ1v) is 6.63. The van der Waals surface area contributed by atoms with Gasteiger partial charge in [0, 0.05) is 28.5 Å². The third kappa shape index (κ3) is 4.01. The molecule has 1 heterocycles. The molecule has 1 unspecified atom stereocenters. The van der Waals surface area contributed by atoms with Gasteiger partial charge < -0.3 is 5.73 Å². The monoisotopic (exact) mass is 278 g/mol. The standard InChI is InChI=1S/C15H16ClFN2/c16-14-5-3-6-15(17)13(14)10-11(18)7-8-12-4-1-2-9-19-12/h1-6,9,11H,7-8,10,18H2. The SMILES string of the molecule is NC(CCc1ccccn1)Cc1c(F)cccc1Cl. The Hall–Kier alpha value is -1.45. The maximum atomic E-state index is 13.6. The molecule has 100 valence electrons. The molecule has 0 radical (unpaired) electrons. The Bertz CT molecular complexity index is 511. The molecule has 2 rings (SSSR count). The average Bonchev–Trinajstić information content (AvgIpc) is 2.42. The molecule has 1 aromatic heterocycles. The van der Waals surface area contributed by atoms with E-state index >= 15 is 0 Å². The summed E-state index contributed by atoms with van der Waals surface area (Å²) < 4.78 is 13.6. The van der Waals surface area contributed by atoms with Crippen molar-refractivity contribution in [2.75, 3.05) is 0 Å². The molecule has 4 heteroatoms. The van der Waals surface area contributed by atoms with Crippen LogP contribution in [0.25, 0.3) is 0 Å². The van der Waals surface area contributed by atoms with E-state index in [0.29, 0.717) is 17.0 Å². The van der Waals surface area contributed by atoms with Gasteiger partial charge in [0.1, 0.15) is 5.82 Å². The van der Waals surface area contributed by atoms with Crippen LogP contribution in [0.15, 0.2) is 42.6 Å². The summed E-state index contributed by atoms with van der Waals surface area (Å²) in [6.45, 7) is 0. The first-order chi connectivity index (χ1) is 9.16. The number of pyridine rings is 1. The van der Waals surface area contributed by atoms with Gasteiger partial charge in [0.05, 0.1) is 0 Å². The van der Waals surface area contributed by atoms with Crippen LogP contribution in [0, 0.1) is 5.82 Å². The minimum Gasteiger partial charge on any atom is -0.327 e. The van der Waals surface area contributed by atoms with Gasteiger partial charge in [-0.05, 0) is 43.5 Å². The van der Waals surface area contributed by atoms with Crippen molar-refractivity contribution < 1.29 is 4.39 Å². The molecular weight excluding hydrogens is 263 g/mol. The van der Waals surface area contributed by atoms with Crippen LogP contribution in [-0.2, 0) is 12.8 Å². The summed E-state index contributed by atoms with van der Waals surface area (Å²) in [5.74, 6) is -0.291. The summed E-state index contributed by atoms with van der Waals surface area (Å²) in [6, 6.07) is 10.3. The Labute approximate surface area is 117 Å². The maximum absolute atomic E-state index is 13.6. The molecule has 0 saturated carbocycles. The summed E-state index contributed by atoms with van der Waals surface area (Å²) >= 11 is 5.98. The Morgan fingerprint density at radius 1 is 1.21 bits per heavy atom. The van der Waals surface area contributed by atoms with Gasteiger partial charge in [-0.3, -0.25) is 4.98 Å². The second kappa shape index (κ2) is 6.64. The minimum absolute atomic E-state index is 0.128. The van der Waals surface area contributed by atoms with Crippen molar-refractivity contribution >= 4 is 11.6 Å². The van der Waals surface area contributed by atoms with Crippen molar-refractivity contribution in [2.45, 2.75) is 25.3 Å².